The smallest absolute Gasteiger partial charge is 0.408 e. The first kappa shape index (κ1) is 21.7. The maximum Gasteiger partial charge on any atom is 0.408 e. The van der Waals surface area contributed by atoms with Gasteiger partial charge < -0.3 is 25.4 Å². The third-order valence-corrected chi connectivity index (χ3v) is 5.86. The van der Waals surface area contributed by atoms with E-state index in [1.54, 1.807) is 12.1 Å². The molecule has 1 saturated carbocycles. The molecule has 0 aromatic heterocycles. The predicted molar refractivity (Wildman–Crippen MR) is 117 cm³/mol. The summed E-state index contributed by atoms with van der Waals surface area (Å²) in [5.74, 6) is -0.126. The van der Waals surface area contributed by atoms with E-state index in [9.17, 15) is 14.4 Å². The number of para-hydroxylation sites is 1. The minimum Gasteiger partial charge on any atom is -0.468 e. The second-order valence-electron chi connectivity index (χ2n) is 8.14. The fourth-order valence-corrected chi connectivity index (χ4v) is 4.04. The number of alkyl carbamates (subject to hydrolysis) is 1. The summed E-state index contributed by atoms with van der Waals surface area (Å²) in [6.45, 7) is 0.113. The zero-order valence-corrected chi connectivity index (χ0v) is 17.7. The number of β-lactam (4-membered cyclic amide) rings is 1. The molecular weight excluding hydrogens is 410 g/mol. The van der Waals surface area contributed by atoms with Crippen molar-refractivity contribution >= 4 is 17.9 Å². The molecule has 2 aromatic rings. The van der Waals surface area contributed by atoms with Crippen LogP contribution in [0.4, 0.5) is 4.79 Å². The molecule has 2 aromatic carbocycles. The quantitative estimate of drug-likeness (QED) is 0.578. The molecule has 1 heterocycles. The maximum atomic E-state index is 13.3. The lowest BCUT2D eigenvalue weighted by Crippen LogP contribution is -2.74. The van der Waals surface area contributed by atoms with Crippen LogP contribution in [0, 0.1) is 0 Å². The van der Waals surface area contributed by atoms with E-state index in [1.807, 2.05) is 48.5 Å². The van der Waals surface area contributed by atoms with Gasteiger partial charge in [0.25, 0.3) is 5.91 Å². The summed E-state index contributed by atoms with van der Waals surface area (Å²) in [4.78, 5) is 37.9. The van der Waals surface area contributed by atoms with Crippen molar-refractivity contribution in [3.63, 3.8) is 0 Å². The lowest BCUT2D eigenvalue weighted by atomic mass is 9.80. The van der Waals surface area contributed by atoms with Crippen LogP contribution in [-0.2, 0) is 20.9 Å². The van der Waals surface area contributed by atoms with Crippen LogP contribution in [0.5, 0.6) is 5.75 Å². The molecular formula is C24H27N3O5. The van der Waals surface area contributed by atoms with Gasteiger partial charge in [-0.3, -0.25) is 9.59 Å². The monoisotopic (exact) mass is 437 g/mol. The van der Waals surface area contributed by atoms with Crippen LogP contribution in [0.15, 0.2) is 60.7 Å². The normalized spacial score (nSPS) is 21.4. The van der Waals surface area contributed by atoms with E-state index in [4.69, 9.17) is 9.47 Å². The summed E-state index contributed by atoms with van der Waals surface area (Å²) in [5, 5.41) is 8.22. The van der Waals surface area contributed by atoms with Gasteiger partial charge in [0.2, 0.25) is 12.1 Å². The lowest BCUT2D eigenvalue weighted by molar-refractivity contribution is -0.145. The van der Waals surface area contributed by atoms with Gasteiger partial charge in [-0.25, -0.2) is 4.79 Å². The number of hydrogen-bond donors (Lipinski definition) is 3. The number of benzene rings is 2. The highest BCUT2D eigenvalue weighted by molar-refractivity contribution is 5.97. The van der Waals surface area contributed by atoms with Gasteiger partial charge in [0.15, 0.2) is 6.04 Å². The highest BCUT2D eigenvalue weighted by atomic mass is 16.5. The molecule has 168 valence electrons. The van der Waals surface area contributed by atoms with Crippen molar-refractivity contribution in [3.05, 3.63) is 66.2 Å². The zero-order chi connectivity index (χ0) is 22.4. The average Bonchev–Trinajstić information content (AvgIpc) is 2.83. The standard InChI is InChI=1S/C24H27N3O5/c28-20-19(21(26-20)32-18-12-6-2-7-13-18)25-22(29)24(14-8-3-9-15-24)27-23(30)31-16-17-10-4-1-5-11-17/h1-2,4-7,10-13,19,21H,3,8-9,14-16H2,(H,25,29)(H,26,28)(H,27,30)/t19-,21+/m1/s1. The number of amides is 3. The van der Waals surface area contributed by atoms with Crippen LogP contribution in [0.2, 0.25) is 0 Å². The van der Waals surface area contributed by atoms with Crippen LogP contribution in [0.1, 0.15) is 37.7 Å². The van der Waals surface area contributed by atoms with E-state index in [-0.39, 0.29) is 12.5 Å². The van der Waals surface area contributed by atoms with E-state index in [2.05, 4.69) is 16.0 Å². The highest BCUT2D eigenvalue weighted by Crippen LogP contribution is 2.29. The van der Waals surface area contributed by atoms with Crippen molar-refractivity contribution in [1.82, 2.24) is 16.0 Å². The van der Waals surface area contributed by atoms with Crippen LogP contribution >= 0.6 is 0 Å². The molecule has 4 rings (SSSR count). The molecule has 1 saturated heterocycles. The lowest BCUT2D eigenvalue weighted by Gasteiger charge is -2.41. The summed E-state index contributed by atoms with van der Waals surface area (Å²) in [5.41, 5.74) is -0.254. The van der Waals surface area contributed by atoms with E-state index in [1.165, 1.54) is 0 Å². The van der Waals surface area contributed by atoms with Crippen LogP contribution in [0.25, 0.3) is 0 Å². The Kier molecular flexibility index (Phi) is 6.58. The van der Waals surface area contributed by atoms with E-state index in [0.29, 0.717) is 18.6 Å². The molecule has 2 aliphatic rings. The molecule has 1 aliphatic carbocycles. The van der Waals surface area contributed by atoms with Gasteiger partial charge in [-0.2, -0.15) is 0 Å². The SMILES string of the molecule is O=C(NC1(C(=O)N[C@@H]2C(=O)N[C@H]2Oc2ccccc2)CCCCC1)OCc1ccccc1. The molecule has 8 nitrogen and oxygen atoms in total. The minimum absolute atomic E-state index is 0.113. The van der Waals surface area contributed by atoms with E-state index >= 15 is 0 Å². The Labute approximate surface area is 186 Å². The summed E-state index contributed by atoms with van der Waals surface area (Å²) in [7, 11) is 0. The number of ether oxygens (including phenoxy) is 2. The van der Waals surface area contributed by atoms with Crippen molar-refractivity contribution in [1.29, 1.82) is 0 Å². The molecule has 0 bridgehead atoms. The van der Waals surface area contributed by atoms with Crippen LogP contribution in [-0.4, -0.2) is 35.7 Å². The van der Waals surface area contributed by atoms with Crippen molar-refractivity contribution in [2.24, 2.45) is 0 Å². The van der Waals surface area contributed by atoms with Crippen molar-refractivity contribution in [2.75, 3.05) is 0 Å². The number of carbonyl (C=O) groups is 3. The van der Waals surface area contributed by atoms with Gasteiger partial charge in [-0.1, -0.05) is 67.8 Å². The molecule has 0 spiro atoms. The highest BCUT2D eigenvalue weighted by Gasteiger charge is 2.48. The first-order chi connectivity index (χ1) is 15.6. The average molecular weight is 437 g/mol. The Morgan fingerprint density at radius 1 is 0.969 bits per heavy atom. The largest absolute Gasteiger partial charge is 0.468 e. The third-order valence-electron chi connectivity index (χ3n) is 5.86. The molecule has 8 heteroatoms. The van der Waals surface area contributed by atoms with Gasteiger partial charge in [-0.05, 0) is 30.5 Å². The maximum absolute atomic E-state index is 13.3. The van der Waals surface area contributed by atoms with Crippen molar-refractivity contribution in [2.45, 2.75) is 56.5 Å². The molecule has 1 aliphatic heterocycles. The molecule has 3 N–H and O–H groups in total. The van der Waals surface area contributed by atoms with Gasteiger partial charge >= 0.3 is 6.09 Å². The van der Waals surface area contributed by atoms with E-state index < -0.39 is 29.8 Å². The molecule has 0 unspecified atom stereocenters. The van der Waals surface area contributed by atoms with Crippen molar-refractivity contribution in [3.8, 4) is 5.75 Å². The number of rotatable bonds is 7. The molecule has 2 fully saturated rings. The predicted octanol–water partition coefficient (Wildman–Crippen LogP) is 2.64. The topological polar surface area (TPSA) is 106 Å². The summed E-state index contributed by atoms with van der Waals surface area (Å²) >= 11 is 0. The number of nitrogens with one attached hydrogen (secondary N) is 3. The molecule has 3 amide bonds. The Bertz CT molecular complexity index is 945. The van der Waals surface area contributed by atoms with Crippen molar-refractivity contribution < 1.29 is 23.9 Å². The first-order valence-corrected chi connectivity index (χ1v) is 10.9. The third kappa shape index (κ3) is 5.01. The Hall–Kier alpha value is -3.55. The van der Waals surface area contributed by atoms with Gasteiger partial charge in [0.05, 0.1) is 0 Å². The summed E-state index contributed by atoms with van der Waals surface area (Å²) in [6.07, 6.45) is 2.23. The Balaban J connectivity index is 1.38. The molecule has 2 atom stereocenters. The fraction of sp³-hybridized carbons (Fsp3) is 0.375. The molecule has 32 heavy (non-hydrogen) atoms. The van der Waals surface area contributed by atoms with Gasteiger partial charge in [-0.15, -0.1) is 0 Å². The van der Waals surface area contributed by atoms with Gasteiger partial charge in [0.1, 0.15) is 17.9 Å². The fourth-order valence-electron chi connectivity index (χ4n) is 4.04. The molecule has 0 radical (unpaired) electrons. The zero-order valence-electron chi connectivity index (χ0n) is 17.7. The first-order valence-electron chi connectivity index (χ1n) is 10.9. The minimum atomic E-state index is -1.11. The van der Waals surface area contributed by atoms with Crippen LogP contribution in [0.3, 0.4) is 0 Å². The summed E-state index contributed by atoms with van der Waals surface area (Å²) < 4.78 is 11.1. The van der Waals surface area contributed by atoms with E-state index in [0.717, 1.165) is 24.8 Å². The second kappa shape index (κ2) is 9.72. The summed E-state index contributed by atoms with van der Waals surface area (Å²) in [6, 6.07) is 17.6. The number of hydrogen-bond acceptors (Lipinski definition) is 5. The van der Waals surface area contributed by atoms with Crippen LogP contribution < -0.4 is 20.7 Å². The second-order valence-corrected chi connectivity index (χ2v) is 8.14. The Morgan fingerprint density at radius 3 is 2.28 bits per heavy atom. The Morgan fingerprint density at radius 2 is 1.62 bits per heavy atom. The van der Waals surface area contributed by atoms with Gasteiger partial charge in [0, 0.05) is 0 Å². The number of carbonyl (C=O) groups excluding carboxylic acids is 3.